The number of nitrogens with one attached hydrogen (secondary N) is 1. The van der Waals surface area contributed by atoms with Crippen molar-refractivity contribution in [2.24, 2.45) is 0 Å². The van der Waals surface area contributed by atoms with Gasteiger partial charge in [-0.25, -0.2) is 4.39 Å². The van der Waals surface area contributed by atoms with Gasteiger partial charge in [0.15, 0.2) is 0 Å². The van der Waals surface area contributed by atoms with Crippen LogP contribution in [0.3, 0.4) is 0 Å². The van der Waals surface area contributed by atoms with Gasteiger partial charge in [0.2, 0.25) is 0 Å². The van der Waals surface area contributed by atoms with Crippen LogP contribution in [0, 0.1) is 12.7 Å². The quantitative estimate of drug-likeness (QED) is 0.934. The van der Waals surface area contributed by atoms with Crippen LogP contribution >= 0.6 is 0 Å². The molecule has 2 aromatic rings. The number of ether oxygens (including phenoxy) is 1. The molecule has 1 aliphatic heterocycles. The molecule has 0 aliphatic carbocycles. The van der Waals surface area contributed by atoms with Crippen LogP contribution in [0.4, 0.5) is 4.39 Å². The molecule has 24 heavy (non-hydrogen) atoms. The minimum atomic E-state index is -0.647. The molecular formula is C18H21FN2O3. The van der Waals surface area contributed by atoms with Crippen molar-refractivity contribution < 1.29 is 18.4 Å². The van der Waals surface area contributed by atoms with Crippen LogP contribution in [0.2, 0.25) is 0 Å². The standard InChI is InChI=1S/C18H21FN2O3/c1-3-15-16(12(2)24-21-15)17(22)20-18(7-9-23-10-8-18)13-5-4-6-14(19)11-13/h4-6,11H,3,7-10H2,1-2H3,(H,20,22). The zero-order valence-corrected chi connectivity index (χ0v) is 13.9. The van der Waals surface area contributed by atoms with E-state index in [0.29, 0.717) is 49.5 Å². The second kappa shape index (κ2) is 6.73. The number of aryl methyl sites for hydroxylation is 2. The smallest absolute Gasteiger partial charge is 0.257 e. The van der Waals surface area contributed by atoms with Crippen LogP contribution in [0.5, 0.6) is 0 Å². The fourth-order valence-electron chi connectivity index (χ4n) is 3.22. The molecule has 1 N–H and O–H groups in total. The van der Waals surface area contributed by atoms with Crippen LogP contribution in [-0.4, -0.2) is 24.3 Å². The van der Waals surface area contributed by atoms with E-state index in [0.717, 1.165) is 5.56 Å². The zero-order chi connectivity index (χ0) is 17.2. The summed E-state index contributed by atoms with van der Waals surface area (Å²) in [5.74, 6) is -0.0643. The predicted molar refractivity (Wildman–Crippen MR) is 86.2 cm³/mol. The Balaban J connectivity index is 1.95. The highest BCUT2D eigenvalue weighted by molar-refractivity contribution is 5.96. The molecule has 1 aromatic heterocycles. The first-order valence-corrected chi connectivity index (χ1v) is 8.17. The predicted octanol–water partition coefficient (Wildman–Crippen LogP) is 3.12. The number of halogens is 1. The van der Waals surface area contributed by atoms with Gasteiger partial charge >= 0.3 is 0 Å². The molecule has 1 saturated heterocycles. The summed E-state index contributed by atoms with van der Waals surface area (Å²) >= 11 is 0. The van der Waals surface area contributed by atoms with Crippen LogP contribution in [0.1, 0.15) is 47.1 Å². The van der Waals surface area contributed by atoms with Crippen molar-refractivity contribution >= 4 is 5.91 Å². The molecule has 1 aliphatic rings. The van der Waals surface area contributed by atoms with Gasteiger partial charge in [0, 0.05) is 13.2 Å². The normalized spacial score (nSPS) is 16.8. The van der Waals surface area contributed by atoms with E-state index in [1.54, 1.807) is 13.0 Å². The molecular weight excluding hydrogens is 311 g/mol. The molecule has 0 bridgehead atoms. The van der Waals surface area contributed by atoms with E-state index in [4.69, 9.17) is 9.26 Å². The third-order valence-corrected chi connectivity index (χ3v) is 4.57. The van der Waals surface area contributed by atoms with Crippen LogP contribution in [-0.2, 0) is 16.7 Å². The molecule has 0 unspecified atom stereocenters. The summed E-state index contributed by atoms with van der Waals surface area (Å²) in [6.45, 7) is 4.67. The summed E-state index contributed by atoms with van der Waals surface area (Å²) in [5.41, 5.74) is 1.21. The Kier molecular flexibility index (Phi) is 4.66. The number of hydrogen-bond donors (Lipinski definition) is 1. The van der Waals surface area contributed by atoms with Crippen molar-refractivity contribution in [1.82, 2.24) is 10.5 Å². The molecule has 0 atom stereocenters. The van der Waals surface area contributed by atoms with Crippen LogP contribution < -0.4 is 5.32 Å². The monoisotopic (exact) mass is 332 g/mol. The van der Waals surface area contributed by atoms with Crippen molar-refractivity contribution in [3.8, 4) is 0 Å². The minimum Gasteiger partial charge on any atom is -0.381 e. The molecule has 0 saturated carbocycles. The third kappa shape index (κ3) is 3.06. The number of carbonyl (C=O) groups excluding carboxylic acids is 1. The van der Waals surface area contributed by atoms with Gasteiger partial charge in [-0.1, -0.05) is 24.2 Å². The molecule has 2 heterocycles. The van der Waals surface area contributed by atoms with Crippen molar-refractivity contribution in [2.75, 3.05) is 13.2 Å². The molecule has 0 spiro atoms. The van der Waals surface area contributed by atoms with Gasteiger partial charge < -0.3 is 14.6 Å². The summed E-state index contributed by atoms with van der Waals surface area (Å²) in [7, 11) is 0. The summed E-state index contributed by atoms with van der Waals surface area (Å²) in [5, 5.41) is 7.05. The van der Waals surface area contributed by atoms with E-state index < -0.39 is 5.54 Å². The number of aromatic nitrogens is 1. The number of nitrogens with zero attached hydrogens (tertiary/aromatic N) is 1. The van der Waals surface area contributed by atoms with Crippen molar-refractivity contribution in [2.45, 2.75) is 38.6 Å². The molecule has 1 fully saturated rings. The summed E-state index contributed by atoms with van der Waals surface area (Å²) in [4.78, 5) is 12.9. The van der Waals surface area contributed by atoms with Gasteiger partial charge in [-0.2, -0.15) is 0 Å². The first-order valence-electron chi connectivity index (χ1n) is 8.17. The second-order valence-electron chi connectivity index (χ2n) is 6.07. The van der Waals surface area contributed by atoms with E-state index in [-0.39, 0.29) is 11.7 Å². The summed E-state index contributed by atoms with van der Waals surface area (Å²) in [6, 6.07) is 6.39. The third-order valence-electron chi connectivity index (χ3n) is 4.57. The maximum atomic E-state index is 13.7. The number of benzene rings is 1. The van der Waals surface area contributed by atoms with E-state index in [1.165, 1.54) is 12.1 Å². The van der Waals surface area contributed by atoms with Gasteiger partial charge in [0.05, 0.1) is 11.2 Å². The molecule has 1 aromatic carbocycles. The van der Waals surface area contributed by atoms with Crippen molar-refractivity contribution in [3.05, 3.63) is 52.7 Å². The average molecular weight is 332 g/mol. The molecule has 128 valence electrons. The zero-order valence-electron chi connectivity index (χ0n) is 13.9. The highest BCUT2D eigenvalue weighted by Gasteiger charge is 2.37. The molecule has 5 nitrogen and oxygen atoms in total. The first-order chi connectivity index (χ1) is 11.6. The lowest BCUT2D eigenvalue weighted by Crippen LogP contribution is -2.49. The maximum absolute atomic E-state index is 13.7. The Bertz CT molecular complexity index is 736. The van der Waals surface area contributed by atoms with Crippen LogP contribution in [0.25, 0.3) is 0 Å². The molecule has 6 heteroatoms. The number of amides is 1. The molecule has 3 rings (SSSR count). The van der Waals surface area contributed by atoms with E-state index in [2.05, 4.69) is 10.5 Å². The highest BCUT2D eigenvalue weighted by atomic mass is 19.1. The number of hydrogen-bond acceptors (Lipinski definition) is 4. The first kappa shape index (κ1) is 16.6. The fourth-order valence-corrected chi connectivity index (χ4v) is 3.22. The van der Waals surface area contributed by atoms with Gasteiger partial charge in [0.25, 0.3) is 5.91 Å². The summed E-state index contributed by atoms with van der Waals surface area (Å²) < 4.78 is 24.3. The lowest BCUT2D eigenvalue weighted by atomic mass is 9.82. The summed E-state index contributed by atoms with van der Waals surface area (Å²) in [6.07, 6.45) is 1.79. The Morgan fingerprint density at radius 2 is 2.12 bits per heavy atom. The van der Waals surface area contributed by atoms with Crippen LogP contribution in [0.15, 0.2) is 28.8 Å². The van der Waals surface area contributed by atoms with Gasteiger partial charge in [-0.15, -0.1) is 0 Å². The van der Waals surface area contributed by atoms with E-state index >= 15 is 0 Å². The van der Waals surface area contributed by atoms with Gasteiger partial charge in [0.1, 0.15) is 17.1 Å². The average Bonchev–Trinajstić information content (AvgIpc) is 2.96. The lowest BCUT2D eigenvalue weighted by Gasteiger charge is -2.38. The highest BCUT2D eigenvalue weighted by Crippen LogP contribution is 2.33. The lowest BCUT2D eigenvalue weighted by molar-refractivity contribution is 0.0344. The second-order valence-corrected chi connectivity index (χ2v) is 6.07. The van der Waals surface area contributed by atoms with Gasteiger partial charge in [-0.3, -0.25) is 4.79 Å². The largest absolute Gasteiger partial charge is 0.381 e. The van der Waals surface area contributed by atoms with Crippen molar-refractivity contribution in [1.29, 1.82) is 0 Å². The maximum Gasteiger partial charge on any atom is 0.257 e. The van der Waals surface area contributed by atoms with Gasteiger partial charge in [-0.05, 0) is 43.9 Å². The Labute approximate surface area is 140 Å². The van der Waals surface area contributed by atoms with E-state index in [1.807, 2.05) is 13.0 Å². The molecule has 1 amide bonds. The SMILES string of the molecule is CCc1noc(C)c1C(=O)NC1(c2cccc(F)c2)CCOCC1. The minimum absolute atomic E-state index is 0.239. The Morgan fingerprint density at radius 1 is 1.38 bits per heavy atom. The van der Waals surface area contributed by atoms with Crippen molar-refractivity contribution in [3.63, 3.8) is 0 Å². The Morgan fingerprint density at radius 3 is 2.79 bits per heavy atom. The number of rotatable bonds is 4. The number of carbonyl (C=O) groups is 1. The fraction of sp³-hybridized carbons (Fsp3) is 0.444. The molecule has 0 radical (unpaired) electrons. The Hall–Kier alpha value is -2.21. The topological polar surface area (TPSA) is 64.4 Å². The van der Waals surface area contributed by atoms with E-state index in [9.17, 15) is 9.18 Å².